The number of hydrogen-bond donors (Lipinski definition) is 0. The van der Waals surface area contributed by atoms with E-state index >= 15 is 0 Å². The van der Waals surface area contributed by atoms with Crippen LogP contribution >= 0.6 is 11.5 Å². The fourth-order valence-electron chi connectivity index (χ4n) is 0.738. The van der Waals surface area contributed by atoms with Gasteiger partial charge in [0.05, 0.1) is 5.69 Å². The molecule has 1 rings (SSSR count). The molecule has 0 saturated heterocycles. The molecular formula is C8H9NS. The van der Waals surface area contributed by atoms with Crippen LogP contribution in [0.5, 0.6) is 0 Å². The van der Waals surface area contributed by atoms with E-state index in [1.165, 1.54) is 17.2 Å². The van der Waals surface area contributed by atoms with Crippen LogP contribution in [0.3, 0.4) is 0 Å². The largest absolute Gasteiger partial charge is 0.198 e. The summed E-state index contributed by atoms with van der Waals surface area (Å²) in [6.07, 6.45) is 8.04. The Hall–Kier alpha value is -0.810. The third-order valence-electron chi connectivity index (χ3n) is 1.25. The minimum atomic E-state index is 0.859. The van der Waals surface area contributed by atoms with Gasteiger partial charge in [-0.1, -0.05) is 0 Å². The van der Waals surface area contributed by atoms with Crippen LogP contribution in [-0.4, -0.2) is 4.37 Å². The van der Waals surface area contributed by atoms with Gasteiger partial charge in [0.15, 0.2) is 0 Å². The zero-order chi connectivity index (χ0) is 7.23. The number of aryl methyl sites for hydroxylation is 1. The lowest BCUT2D eigenvalue weighted by molar-refractivity contribution is 0.842. The van der Waals surface area contributed by atoms with Gasteiger partial charge in [-0.15, -0.1) is 12.3 Å². The number of rotatable bonds is 3. The second-order valence-electron chi connectivity index (χ2n) is 2.05. The maximum atomic E-state index is 5.10. The lowest BCUT2D eigenvalue weighted by atomic mass is 10.2. The van der Waals surface area contributed by atoms with Gasteiger partial charge in [-0.25, -0.2) is 0 Å². The summed E-state index contributed by atoms with van der Waals surface area (Å²) >= 11 is 1.50. The van der Waals surface area contributed by atoms with Crippen LogP contribution < -0.4 is 0 Å². The standard InChI is InChI=1S/C8H9NS/c1-2-3-4-5-8-6-7-10-9-8/h1,6-7H,3-5H2. The van der Waals surface area contributed by atoms with Crippen molar-refractivity contribution in [3.63, 3.8) is 0 Å². The molecule has 0 N–H and O–H groups in total. The van der Waals surface area contributed by atoms with E-state index < -0.39 is 0 Å². The van der Waals surface area contributed by atoms with Gasteiger partial charge in [0.2, 0.25) is 0 Å². The van der Waals surface area contributed by atoms with E-state index in [1.54, 1.807) is 0 Å². The molecule has 1 aromatic heterocycles. The molecule has 10 heavy (non-hydrogen) atoms. The number of terminal acetylenes is 1. The Labute approximate surface area is 65.3 Å². The van der Waals surface area contributed by atoms with Crippen molar-refractivity contribution in [2.45, 2.75) is 19.3 Å². The fourth-order valence-corrected chi connectivity index (χ4v) is 1.30. The molecule has 0 aromatic carbocycles. The monoisotopic (exact) mass is 151 g/mol. The average Bonchev–Trinajstić information content (AvgIpc) is 2.41. The van der Waals surface area contributed by atoms with Crippen LogP contribution in [0.1, 0.15) is 18.5 Å². The Balaban J connectivity index is 2.23. The maximum Gasteiger partial charge on any atom is 0.0542 e. The molecule has 0 atom stereocenters. The number of hydrogen-bond acceptors (Lipinski definition) is 2. The summed E-state index contributed by atoms with van der Waals surface area (Å²) in [5, 5.41) is 1.99. The van der Waals surface area contributed by atoms with Crippen molar-refractivity contribution >= 4 is 11.5 Å². The number of unbranched alkanes of at least 4 members (excludes halogenated alkanes) is 1. The van der Waals surface area contributed by atoms with Gasteiger partial charge in [0.25, 0.3) is 0 Å². The van der Waals surface area contributed by atoms with Crippen molar-refractivity contribution in [1.82, 2.24) is 4.37 Å². The van der Waals surface area contributed by atoms with Gasteiger partial charge in [-0.05, 0) is 30.4 Å². The Morgan fingerprint density at radius 1 is 1.70 bits per heavy atom. The van der Waals surface area contributed by atoms with Crippen molar-refractivity contribution in [2.24, 2.45) is 0 Å². The Bertz CT molecular complexity index is 208. The van der Waals surface area contributed by atoms with Crippen molar-refractivity contribution in [2.75, 3.05) is 0 Å². The molecule has 0 spiro atoms. The van der Waals surface area contributed by atoms with E-state index in [2.05, 4.69) is 10.3 Å². The molecule has 1 nitrogen and oxygen atoms in total. The molecule has 0 fully saturated rings. The summed E-state index contributed by atoms with van der Waals surface area (Å²) in [6, 6.07) is 2.04. The van der Waals surface area contributed by atoms with Gasteiger partial charge in [0.1, 0.15) is 0 Å². The van der Waals surface area contributed by atoms with Gasteiger partial charge < -0.3 is 0 Å². The molecular weight excluding hydrogens is 142 g/mol. The molecule has 0 bridgehead atoms. The molecule has 0 amide bonds. The molecule has 1 heterocycles. The van der Waals surface area contributed by atoms with E-state index in [0.717, 1.165) is 19.3 Å². The molecule has 0 aliphatic heterocycles. The lowest BCUT2D eigenvalue weighted by Gasteiger charge is -1.89. The Morgan fingerprint density at radius 2 is 2.60 bits per heavy atom. The normalized spacial score (nSPS) is 9.10. The van der Waals surface area contributed by atoms with Crippen molar-refractivity contribution < 1.29 is 0 Å². The van der Waals surface area contributed by atoms with Crippen LogP contribution in [-0.2, 0) is 6.42 Å². The summed E-state index contributed by atoms with van der Waals surface area (Å²) in [6.45, 7) is 0. The zero-order valence-electron chi connectivity index (χ0n) is 5.71. The quantitative estimate of drug-likeness (QED) is 0.476. The highest BCUT2D eigenvalue weighted by Gasteiger charge is 1.91. The van der Waals surface area contributed by atoms with Crippen LogP contribution in [0.25, 0.3) is 0 Å². The molecule has 1 aromatic rings. The third-order valence-corrected chi connectivity index (χ3v) is 1.84. The van der Waals surface area contributed by atoms with Gasteiger partial charge in [-0.2, -0.15) is 4.37 Å². The van der Waals surface area contributed by atoms with E-state index in [4.69, 9.17) is 6.42 Å². The second kappa shape index (κ2) is 4.08. The summed E-state index contributed by atoms with van der Waals surface area (Å²) in [7, 11) is 0. The predicted molar refractivity (Wildman–Crippen MR) is 43.9 cm³/mol. The molecule has 0 saturated carbocycles. The Kier molecular flexibility index (Phi) is 2.98. The third kappa shape index (κ3) is 2.20. The van der Waals surface area contributed by atoms with E-state index in [-0.39, 0.29) is 0 Å². The minimum Gasteiger partial charge on any atom is -0.198 e. The van der Waals surface area contributed by atoms with E-state index in [0.29, 0.717) is 0 Å². The molecule has 52 valence electrons. The van der Waals surface area contributed by atoms with E-state index in [1.807, 2.05) is 11.4 Å². The zero-order valence-corrected chi connectivity index (χ0v) is 6.53. The second-order valence-corrected chi connectivity index (χ2v) is 2.71. The first-order valence-electron chi connectivity index (χ1n) is 3.26. The van der Waals surface area contributed by atoms with Crippen LogP contribution in [0.2, 0.25) is 0 Å². The molecule has 0 radical (unpaired) electrons. The van der Waals surface area contributed by atoms with Crippen molar-refractivity contribution in [1.29, 1.82) is 0 Å². The first kappa shape index (κ1) is 7.30. The highest BCUT2D eigenvalue weighted by molar-refractivity contribution is 7.03. The van der Waals surface area contributed by atoms with Gasteiger partial charge >= 0.3 is 0 Å². The van der Waals surface area contributed by atoms with E-state index in [9.17, 15) is 0 Å². The predicted octanol–water partition coefficient (Wildman–Crippen LogP) is 2.10. The fraction of sp³-hybridized carbons (Fsp3) is 0.375. The SMILES string of the molecule is C#CCCCc1ccsn1. The average molecular weight is 151 g/mol. The Morgan fingerprint density at radius 3 is 3.20 bits per heavy atom. The van der Waals surface area contributed by atoms with Crippen LogP contribution in [0.4, 0.5) is 0 Å². The molecule has 0 aliphatic carbocycles. The topological polar surface area (TPSA) is 12.9 Å². The summed E-state index contributed by atoms with van der Waals surface area (Å²) in [5.41, 5.74) is 1.17. The van der Waals surface area contributed by atoms with Gasteiger partial charge in [-0.3, -0.25) is 0 Å². The van der Waals surface area contributed by atoms with Crippen LogP contribution in [0, 0.1) is 12.3 Å². The van der Waals surface area contributed by atoms with Crippen LogP contribution in [0.15, 0.2) is 11.4 Å². The highest BCUT2D eigenvalue weighted by atomic mass is 32.1. The smallest absolute Gasteiger partial charge is 0.0542 e. The number of aromatic nitrogens is 1. The lowest BCUT2D eigenvalue weighted by Crippen LogP contribution is -1.82. The molecule has 0 aliphatic rings. The summed E-state index contributed by atoms with van der Waals surface area (Å²) in [5.74, 6) is 2.61. The number of nitrogens with zero attached hydrogens (tertiary/aromatic N) is 1. The first-order chi connectivity index (χ1) is 4.93. The first-order valence-corrected chi connectivity index (χ1v) is 4.10. The highest BCUT2D eigenvalue weighted by Crippen LogP contribution is 2.03. The van der Waals surface area contributed by atoms with Crippen molar-refractivity contribution in [3.8, 4) is 12.3 Å². The van der Waals surface area contributed by atoms with Gasteiger partial charge in [0, 0.05) is 11.8 Å². The summed E-state index contributed by atoms with van der Waals surface area (Å²) < 4.78 is 4.16. The van der Waals surface area contributed by atoms with Crippen molar-refractivity contribution in [3.05, 3.63) is 17.1 Å². The minimum absolute atomic E-state index is 0.859. The molecule has 2 heteroatoms. The summed E-state index contributed by atoms with van der Waals surface area (Å²) in [4.78, 5) is 0. The molecule has 0 unspecified atom stereocenters. The maximum absolute atomic E-state index is 5.10.